The zero-order valence-electron chi connectivity index (χ0n) is 11.8. The van der Waals surface area contributed by atoms with E-state index in [1.807, 2.05) is 0 Å². The largest absolute Gasteiger partial charge is 0.480 e. The van der Waals surface area contributed by atoms with Crippen molar-refractivity contribution >= 4 is 11.9 Å². The number of likely N-dealkylation sites (N-methyl/N-ethyl adjacent to an activating group) is 1. The fraction of sp³-hybridized carbons (Fsp3) is 0.846. The summed E-state index contributed by atoms with van der Waals surface area (Å²) >= 11 is 0. The van der Waals surface area contributed by atoms with Crippen LogP contribution < -0.4 is 0 Å². The van der Waals surface area contributed by atoms with Crippen molar-refractivity contribution in [2.24, 2.45) is 0 Å². The van der Waals surface area contributed by atoms with Crippen molar-refractivity contribution in [3.63, 3.8) is 0 Å². The van der Waals surface area contributed by atoms with E-state index in [1.165, 1.54) is 18.9 Å². The molecule has 19 heavy (non-hydrogen) atoms. The maximum atomic E-state index is 12.0. The van der Waals surface area contributed by atoms with Gasteiger partial charge in [-0.3, -0.25) is 4.79 Å². The Balaban J connectivity index is 2.37. The van der Waals surface area contributed by atoms with Crippen molar-refractivity contribution in [1.82, 2.24) is 4.90 Å². The molecule has 1 aliphatic rings. The molecule has 0 aromatic heterocycles. The summed E-state index contributed by atoms with van der Waals surface area (Å²) in [5.74, 6) is -1.36. The molecule has 0 spiro atoms. The van der Waals surface area contributed by atoms with Crippen LogP contribution in [0.15, 0.2) is 0 Å². The quantitative estimate of drug-likeness (QED) is 0.778. The molecule has 6 nitrogen and oxygen atoms in total. The number of carbonyl (C=O) groups excluding carboxylic acids is 1. The van der Waals surface area contributed by atoms with Crippen LogP contribution in [0.1, 0.15) is 33.1 Å². The predicted octanol–water partition coefficient (Wildman–Crippen LogP) is 0.892. The minimum atomic E-state index is -1.03. The first-order valence-electron chi connectivity index (χ1n) is 6.66. The zero-order chi connectivity index (χ0) is 14.4. The molecular weight excluding hydrogens is 250 g/mol. The smallest absolute Gasteiger partial charge is 0.326 e. The van der Waals surface area contributed by atoms with Gasteiger partial charge in [0.15, 0.2) is 0 Å². The minimum Gasteiger partial charge on any atom is -0.480 e. The van der Waals surface area contributed by atoms with E-state index in [0.29, 0.717) is 6.61 Å². The molecule has 0 aliphatic carbocycles. The third kappa shape index (κ3) is 4.80. The van der Waals surface area contributed by atoms with Gasteiger partial charge in [0.1, 0.15) is 12.1 Å². The maximum absolute atomic E-state index is 12.0. The molecule has 1 saturated heterocycles. The van der Waals surface area contributed by atoms with Gasteiger partial charge in [-0.05, 0) is 33.1 Å². The Labute approximate surface area is 113 Å². The number of ether oxygens (including phenoxy) is 2. The molecule has 0 aromatic rings. The Kier molecular flexibility index (Phi) is 6.24. The number of carboxylic acids is 1. The summed E-state index contributed by atoms with van der Waals surface area (Å²) in [7, 11) is 1.47. The lowest BCUT2D eigenvalue weighted by molar-refractivity contribution is -0.155. The number of hydrogen-bond acceptors (Lipinski definition) is 4. The molecule has 1 amide bonds. The fourth-order valence-electron chi connectivity index (χ4n) is 1.91. The summed E-state index contributed by atoms with van der Waals surface area (Å²) in [6.45, 7) is 4.22. The third-order valence-corrected chi connectivity index (χ3v) is 3.44. The van der Waals surface area contributed by atoms with Crippen LogP contribution in [-0.4, -0.2) is 60.4 Å². The second-order valence-corrected chi connectivity index (χ2v) is 4.93. The molecule has 1 N–H and O–H groups in total. The van der Waals surface area contributed by atoms with Gasteiger partial charge in [0.25, 0.3) is 5.91 Å². The summed E-state index contributed by atoms with van der Waals surface area (Å²) in [6.07, 6.45) is 2.53. The molecule has 1 heterocycles. The van der Waals surface area contributed by atoms with Crippen LogP contribution in [0.2, 0.25) is 0 Å². The molecule has 1 fully saturated rings. The fourth-order valence-corrected chi connectivity index (χ4v) is 1.91. The molecule has 6 heteroatoms. The average molecular weight is 273 g/mol. The lowest BCUT2D eigenvalue weighted by Gasteiger charge is -2.27. The minimum absolute atomic E-state index is 0.0474. The second kappa shape index (κ2) is 7.45. The third-order valence-electron chi connectivity index (χ3n) is 3.44. The van der Waals surface area contributed by atoms with Crippen molar-refractivity contribution in [3.05, 3.63) is 0 Å². The molecule has 0 bridgehead atoms. The second-order valence-electron chi connectivity index (χ2n) is 4.93. The maximum Gasteiger partial charge on any atom is 0.326 e. The van der Waals surface area contributed by atoms with E-state index in [0.717, 1.165) is 25.9 Å². The number of hydrogen-bond donors (Lipinski definition) is 1. The molecular formula is C13H23NO5. The summed E-state index contributed by atoms with van der Waals surface area (Å²) in [5.41, 5.74) is 0. The van der Waals surface area contributed by atoms with Crippen LogP contribution in [-0.2, 0) is 19.1 Å². The highest BCUT2D eigenvalue weighted by Gasteiger charge is 2.27. The summed E-state index contributed by atoms with van der Waals surface area (Å²) in [6, 6.07) is -0.857. The number of rotatable bonds is 6. The van der Waals surface area contributed by atoms with Crippen LogP contribution >= 0.6 is 0 Å². The number of nitrogens with zero attached hydrogens (tertiary/aromatic N) is 1. The molecule has 0 aromatic carbocycles. The van der Waals surface area contributed by atoms with Crippen molar-refractivity contribution in [1.29, 1.82) is 0 Å². The van der Waals surface area contributed by atoms with Crippen molar-refractivity contribution in [3.8, 4) is 0 Å². The van der Waals surface area contributed by atoms with Gasteiger partial charge >= 0.3 is 5.97 Å². The van der Waals surface area contributed by atoms with E-state index in [9.17, 15) is 9.59 Å². The van der Waals surface area contributed by atoms with E-state index in [1.54, 1.807) is 6.92 Å². The Morgan fingerprint density at radius 1 is 1.42 bits per heavy atom. The monoisotopic (exact) mass is 273 g/mol. The standard InChI is InChI=1S/C13H23NO5/c1-9(13(16)17)14(3)12(15)10(2)19-8-11-6-4-5-7-18-11/h9-11H,4-8H2,1-3H3,(H,16,17). The molecule has 3 unspecified atom stereocenters. The Hall–Kier alpha value is -1.14. The predicted molar refractivity (Wildman–Crippen MR) is 68.9 cm³/mol. The normalized spacial score (nSPS) is 22.6. The first kappa shape index (κ1) is 15.9. The van der Waals surface area contributed by atoms with Crippen LogP contribution in [0.3, 0.4) is 0 Å². The molecule has 110 valence electrons. The van der Waals surface area contributed by atoms with Gasteiger partial charge in [-0.1, -0.05) is 0 Å². The summed E-state index contributed by atoms with van der Waals surface area (Å²) in [5, 5.41) is 8.86. The topological polar surface area (TPSA) is 76.1 Å². The zero-order valence-corrected chi connectivity index (χ0v) is 11.8. The van der Waals surface area contributed by atoms with E-state index in [4.69, 9.17) is 14.6 Å². The molecule has 3 atom stereocenters. The van der Waals surface area contributed by atoms with E-state index in [2.05, 4.69) is 0 Å². The van der Waals surface area contributed by atoms with Crippen LogP contribution in [0.5, 0.6) is 0 Å². The Bertz CT molecular complexity index is 314. The SMILES string of the molecule is CC(OCC1CCCCO1)C(=O)N(C)C(C)C(=O)O. The summed E-state index contributed by atoms with van der Waals surface area (Å²) < 4.78 is 11.0. The first-order valence-corrected chi connectivity index (χ1v) is 6.66. The van der Waals surface area contributed by atoms with Gasteiger partial charge in [-0.25, -0.2) is 4.79 Å². The number of carbonyl (C=O) groups is 2. The molecule has 0 radical (unpaired) electrons. The van der Waals surface area contributed by atoms with Crippen molar-refractivity contribution in [2.45, 2.75) is 51.4 Å². The van der Waals surface area contributed by atoms with Gasteiger partial charge in [0, 0.05) is 13.7 Å². The van der Waals surface area contributed by atoms with Crippen LogP contribution in [0.25, 0.3) is 0 Å². The van der Waals surface area contributed by atoms with Gasteiger partial charge in [0.05, 0.1) is 12.7 Å². The highest BCUT2D eigenvalue weighted by molar-refractivity contribution is 5.85. The highest BCUT2D eigenvalue weighted by Crippen LogP contribution is 2.14. The van der Waals surface area contributed by atoms with Gasteiger partial charge in [-0.2, -0.15) is 0 Å². The Morgan fingerprint density at radius 2 is 2.11 bits per heavy atom. The van der Waals surface area contributed by atoms with Crippen molar-refractivity contribution < 1.29 is 24.2 Å². The van der Waals surface area contributed by atoms with Gasteiger partial charge in [0.2, 0.25) is 0 Å². The highest BCUT2D eigenvalue weighted by atomic mass is 16.5. The molecule has 1 rings (SSSR count). The van der Waals surface area contributed by atoms with E-state index >= 15 is 0 Å². The number of carboxylic acid groups (broad SMARTS) is 1. The van der Waals surface area contributed by atoms with Crippen molar-refractivity contribution in [2.75, 3.05) is 20.3 Å². The van der Waals surface area contributed by atoms with E-state index in [-0.39, 0.29) is 12.0 Å². The average Bonchev–Trinajstić information content (AvgIpc) is 2.43. The summed E-state index contributed by atoms with van der Waals surface area (Å²) in [4.78, 5) is 24.0. The lowest BCUT2D eigenvalue weighted by atomic mass is 10.1. The van der Waals surface area contributed by atoms with Gasteiger partial charge in [-0.15, -0.1) is 0 Å². The molecule has 1 aliphatic heterocycles. The number of aliphatic carboxylic acids is 1. The number of amides is 1. The van der Waals surface area contributed by atoms with Gasteiger partial charge < -0.3 is 19.5 Å². The van der Waals surface area contributed by atoms with E-state index < -0.39 is 18.1 Å². The Morgan fingerprint density at radius 3 is 2.63 bits per heavy atom. The van der Waals surface area contributed by atoms with Crippen LogP contribution in [0.4, 0.5) is 0 Å². The molecule has 0 saturated carbocycles. The first-order chi connectivity index (χ1) is 8.93. The van der Waals surface area contributed by atoms with Crippen LogP contribution in [0, 0.1) is 0 Å². The lowest BCUT2D eigenvalue weighted by Crippen LogP contribution is -2.45.